The summed E-state index contributed by atoms with van der Waals surface area (Å²) in [6, 6.07) is 7.17. The number of hydrogen-bond acceptors (Lipinski definition) is 7. The number of likely N-dealkylation sites (tertiary alicyclic amines) is 1. The molecule has 9 heteroatoms. The number of rotatable bonds is 7. The van der Waals surface area contributed by atoms with Crippen LogP contribution in [0.3, 0.4) is 0 Å². The van der Waals surface area contributed by atoms with Crippen LogP contribution in [0.25, 0.3) is 0 Å². The first kappa shape index (κ1) is 25.9. The van der Waals surface area contributed by atoms with Crippen molar-refractivity contribution in [2.45, 2.75) is 42.7 Å². The molecule has 4 aliphatic heterocycles. The van der Waals surface area contributed by atoms with Crippen LogP contribution in [0.1, 0.15) is 27.2 Å². The first-order valence-corrected chi connectivity index (χ1v) is 13.9. The minimum Gasteiger partial charge on any atom is -0.461 e. The summed E-state index contributed by atoms with van der Waals surface area (Å²) in [5, 5.41) is 9.54. The Morgan fingerprint density at radius 1 is 1.05 bits per heavy atom. The van der Waals surface area contributed by atoms with E-state index in [1.54, 1.807) is 9.80 Å². The highest BCUT2D eigenvalue weighted by molar-refractivity contribution is 8.02. The largest absolute Gasteiger partial charge is 0.461 e. The number of nitrogens with zero attached hydrogens (tertiary/aromatic N) is 3. The lowest BCUT2D eigenvalue weighted by atomic mass is 9.75. The summed E-state index contributed by atoms with van der Waals surface area (Å²) in [4.78, 5) is 47.1. The van der Waals surface area contributed by atoms with Gasteiger partial charge in [-0.15, -0.1) is 11.8 Å². The highest BCUT2D eigenvalue weighted by Crippen LogP contribution is 2.65. The first-order chi connectivity index (χ1) is 17.8. The van der Waals surface area contributed by atoms with Gasteiger partial charge in [0.05, 0.1) is 16.6 Å². The molecule has 2 amide bonds. The van der Waals surface area contributed by atoms with Crippen LogP contribution in [0.5, 0.6) is 0 Å². The number of amides is 2. The van der Waals surface area contributed by atoms with E-state index in [1.807, 2.05) is 55.5 Å². The number of cyclic esters (lactones) is 1. The van der Waals surface area contributed by atoms with Gasteiger partial charge in [0.1, 0.15) is 12.6 Å². The van der Waals surface area contributed by atoms with E-state index in [4.69, 9.17) is 4.74 Å². The second-order valence-electron chi connectivity index (χ2n) is 10.2. The third-order valence-electron chi connectivity index (χ3n) is 8.16. The van der Waals surface area contributed by atoms with E-state index < -0.39 is 33.3 Å². The molecule has 198 valence electrons. The zero-order chi connectivity index (χ0) is 26.4. The maximum atomic E-state index is 14.3. The average molecular weight is 526 g/mol. The zero-order valence-corrected chi connectivity index (χ0v) is 22.4. The number of ether oxygens (including phenoxy) is 1. The number of carbonyl (C=O) groups is 3. The van der Waals surface area contributed by atoms with Crippen LogP contribution in [0, 0.1) is 11.8 Å². The van der Waals surface area contributed by atoms with E-state index in [9.17, 15) is 19.5 Å². The highest BCUT2D eigenvalue weighted by atomic mass is 32.2. The van der Waals surface area contributed by atoms with Gasteiger partial charge in [0.2, 0.25) is 5.91 Å². The summed E-state index contributed by atoms with van der Waals surface area (Å²) in [5.41, 5.74) is 1.86. The van der Waals surface area contributed by atoms with E-state index in [0.717, 1.165) is 24.5 Å². The molecule has 0 aliphatic carbocycles. The molecule has 5 rings (SSSR count). The minimum atomic E-state index is -0.903. The summed E-state index contributed by atoms with van der Waals surface area (Å²) in [6.45, 7) is 8.69. The Bertz CT molecular complexity index is 1130. The van der Waals surface area contributed by atoms with Crippen LogP contribution in [0.4, 0.5) is 11.4 Å². The van der Waals surface area contributed by atoms with Crippen molar-refractivity contribution >= 4 is 40.9 Å². The van der Waals surface area contributed by atoms with Gasteiger partial charge in [0.15, 0.2) is 0 Å². The van der Waals surface area contributed by atoms with E-state index >= 15 is 0 Å². The number of esters is 1. The molecular formula is C28H35N3O5S. The zero-order valence-electron chi connectivity index (χ0n) is 21.6. The third-order valence-corrected chi connectivity index (χ3v) is 9.96. The lowest BCUT2D eigenvalue weighted by Gasteiger charge is -2.36. The molecule has 2 saturated heterocycles. The predicted molar refractivity (Wildman–Crippen MR) is 145 cm³/mol. The molecule has 4 heterocycles. The van der Waals surface area contributed by atoms with Gasteiger partial charge in [-0.2, -0.15) is 0 Å². The van der Waals surface area contributed by atoms with E-state index in [0.29, 0.717) is 13.0 Å². The quantitative estimate of drug-likeness (QED) is 0.432. The van der Waals surface area contributed by atoms with Gasteiger partial charge in [-0.25, -0.2) is 0 Å². The van der Waals surface area contributed by atoms with Crippen LogP contribution < -0.4 is 9.80 Å². The Hall–Kier alpha value is -2.78. The number of carbonyl (C=O) groups excluding carboxylic acids is 3. The first-order valence-electron chi connectivity index (χ1n) is 13.1. The van der Waals surface area contributed by atoms with Crippen molar-refractivity contribution < 1.29 is 24.2 Å². The summed E-state index contributed by atoms with van der Waals surface area (Å²) >= 11 is 1.53. The van der Waals surface area contributed by atoms with Crippen molar-refractivity contribution in [2.24, 2.45) is 11.8 Å². The number of aliphatic hydroxyl groups excluding tert-OH is 1. The monoisotopic (exact) mass is 525 g/mol. The molecule has 1 spiro atoms. The Kier molecular flexibility index (Phi) is 6.87. The number of thioether (sulfide) groups is 1. The van der Waals surface area contributed by atoms with Crippen LogP contribution in [-0.2, 0) is 19.1 Å². The molecular weight excluding hydrogens is 490 g/mol. The lowest BCUT2D eigenvalue weighted by molar-refractivity contribution is -0.152. The number of fused-ring (bicyclic) bond motifs is 2. The van der Waals surface area contributed by atoms with Gasteiger partial charge in [-0.05, 0) is 57.5 Å². The SMILES string of the molecule is CCN(CC)c1ccc(N2CC=C[C@]34S[C@]5(C)C=CCOC(=O)[C@@H]5[C@H]3C(=O)N(CCCO)C4C2=O)cc1. The smallest absolute Gasteiger partial charge is 0.311 e. The van der Waals surface area contributed by atoms with Crippen molar-refractivity contribution in [3.8, 4) is 0 Å². The summed E-state index contributed by atoms with van der Waals surface area (Å²) in [5.74, 6) is -2.19. The second kappa shape index (κ2) is 9.83. The van der Waals surface area contributed by atoms with Gasteiger partial charge in [0, 0.05) is 48.9 Å². The molecule has 1 aromatic carbocycles. The molecule has 1 N–H and O–H groups in total. The summed E-state index contributed by atoms with van der Waals surface area (Å²) in [6.07, 6.45) is 8.11. The molecule has 1 aromatic rings. The standard InChI is InChI=1S/C28H35N3O5S/c1-4-29(5-2)19-9-11-20(12-10-19)30-15-6-14-28-21(22-26(35)36-18-7-13-27(22,3)37-28)24(33)31(16-8-17-32)23(28)25(30)34/h6-7,9-14,21-23,32H,4-5,8,15-18H2,1-3H3/t21-,22-,23?,27+,28-/m0/s1. The topological polar surface area (TPSA) is 90.4 Å². The normalized spacial score (nSPS) is 32.5. The van der Waals surface area contributed by atoms with Crippen LogP contribution in [-0.4, -0.2) is 82.7 Å². The van der Waals surface area contributed by atoms with Crippen molar-refractivity contribution in [3.63, 3.8) is 0 Å². The third kappa shape index (κ3) is 3.98. The van der Waals surface area contributed by atoms with Gasteiger partial charge in [-0.3, -0.25) is 14.4 Å². The van der Waals surface area contributed by atoms with E-state index in [2.05, 4.69) is 18.7 Å². The van der Waals surface area contributed by atoms with Crippen molar-refractivity contribution in [2.75, 3.05) is 49.2 Å². The molecule has 8 nitrogen and oxygen atoms in total. The second-order valence-corrected chi connectivity index (χ2v) is 12.0. The molecule has 0 radical (unpaired) electrons. The number of benzene rings is 1. The number of hydrogen-bond donors (Lipinski definition) is 1. The van der Waals surface area contributed by atoms with E-state index in [-0.39, 0.29) is 31.6 Å². The van der Waals surface area contributed by atoms with Gasteiger partial charge in [0.25, 0.3) is 5.91 Å². The number of aliphatic hydroxyl groups is 1. The fraction of sp³-hybridized carbons (Fsp3) is 0.536. The molecule has 2 fully saturated rings. The highest BCUT2D eigenvalue weighted by Gasteiger charge is 2.74. The predicted octanol–water partition coefficient (Wildman–Crippen LogP) is 2.62. The fourth-order valence-electron chi connectivity index (χ4n) is 6.50. The Labute approximate surface area is 222 Å². The van der Waals surface area contributed by atoms with Crippen LogP contribution in [0.15, 0.2) is 48.6 Å². The van der Waals surface area contributed by atoms with Crippen molar-refractivity contribution in [1.29, 1.82) is 0 Å². The molecule has 0 bridgehead atoms. The maximum Gasteiger partial charge on any atom is 0.311 e. The molecule has 5 atom stereocenters. The Morgan fingerprint density at radius 2 is 1.78 bits per heavy atom. The summed E-state index contributed by atoms with van der Waals surface area (Å²) in [7, 11) is 0. The summed E-state index contributed by atoms with van der Waals surface area (Å²) < 4.78 is 3.89. The molecule has 0 saturated carbocycles. The molecule has 4 aliphatic rings. The average Bonchev–Trinajstić information content (AvgIpc) is 3.14. The van der Waals surface area contributed by atoms with Gasteiger partial charge < -0.3 is 24.5 Å². The molecule has 1 unspecified atom stereocenters. The molecule has 37 heavy (non-hydrogen) atoms. The fourth-order valence-corrected chi connectivity index (χ4v) is 8.65. The van der Waals surface area contributed by atoms with E-state index in [1.165, 1.54) is 11.8 Å². The van der Waals surface area contributed by atoms with Gasteiger partial charge in [-0.1, -0.05) is 18.2 Å². The van der Waals surface area contributed by atoms with Crippen LogP contribution in [0.2, 0.25) is 0 Å². The van der Waals surface area contributed by atoms with Crippen molar-refractivity contribution in [1.82, 2.24) is 4.90 Å². The number of anilines is 2. The maximum absolute atomic E-state index is 14.3. The molecule has 0 aromatic heterocycles. The van der Waals surface area contributed by atoms with Crippen LogP contribution >= 0.6 is 11.8 Å². The Balaban J connectivity index is 1.56. The van der Waals surface area contributed by atoms with Gasteiger partial charge >= 0.3 is 5.97 Å². The van der Waals surface area contributed by atoms with Crippen molar-refractivity contribution in [3.05, 3.63) is 48.6 Å². The lowest BCUT2D eigenvalue weighted by Crippen LogP contribution is -2.53. The Morgan fingerprint density at radius 3 is 2.46 bits per heavy atom. The minimum absolute atomic E-state index is 0.0895.